The summed E-state index contributed by atoms with van der Waals surface area (Å²) in [6.45, 7) is 13.8. The van der Waals surface area contributed by atoms with Crippen LogP contribution < -0.4 is 4.74 Å². The number of esters is 2. The maximum Gasteiger partial charge on any atom is 0.349 e. The minimum absolute atomic E-state index is 0.0243. The van der Waals surface area contributed by atoms with Crippen LogP contribution in [0, 0.1) is 13.8 Å². The normalized spacial score (nSPS) is 12.4. The van der Waals surface area contributed by atoms with Crippen molar-refractivity contribution in [3.63, 3.8) is 0 Å². The number of nitrogens with zero attached hydrogens (tertiary/aromatic N) is 1. The quantitative estimate of drug-likeness (QED) is 0.0716. The van der Waals surface area contributed by atoms with Gasteiger partial charge in [-0.25, -0.2) is 24.0 Å². The summed E-state index contributed by atoms with van der Waals surface area (Å²) in [5.41, 5.74) is 5.23. The standard InChI is InChI=1S/C29H35NO3.C20H18O8/c1-21(2)30(22(3)4)18-17-26(24-13-9-6-10-14-24)27-19-25(29(31)32)15-16-28(27)33-20-23-11-7-5-8-12-23;1-11-3-7-13(8-4-11)19(25)27-15(17(21)22)16(18(23)24)28-20(26)14-9-5-12(2)6-10-14/h5-16,19,21-22,26H,17-18,20H2,1-4H3,(H,31,32);3-10,15-16H,1-2H3,(H,21,22)(H,23,24)/t;15-,16-/m.1/s1. The third-order valence-corrected chi connectivity index (χ3v) is 9.88. The Labute approximate surface area is 356 Å². The highest BCUT2D eigenvalue weighted by Crippen LogP contribution is 2.36. The van der Waals surface area contributed by atoms with Crippen LogP contribution in [0.5, 0.6) is 5.75 Å². The topological polar surface area (TPSA) is 177 Å². The van der Waals surface area contributed by atoms with E-state index in [1.54, 1.807) is 56.3 Å². The first-order valence-corrected chi connectivity index (χ1v) is 19.9. The predicted octanol–water partition coefficient (Wildman–Crippen LogP) is 8.83. The number of carbonyl (C=O) groups excluding carboxylic acids is 2. The molecule has 0 fully saturated rings. The van der Waals surface area contributed by atoms with Crippen molar-refractivity contribution >= 4 is 29.8 Å². The summed E-state index contributed by atoms with van der Waals surface area (Å²) in [4.78, 5) is 61.6. The van der Waals surface area contributed by atoms with Gasteiger partial charge in [0.1, 0.15) is 12.4 Å². The van der Waals surface area contributed by atoms with E-state index in [0.29, 0.717) is 18.7 Å². The highest BCUT2D eigenvalue weighted by Gasteiger charge is 2.41. The Morgan fingerprint density at radius 3 is 1.44 bits per heavy atom. The first kappa shape index (κ1) is 46.9. The van der Waals surface area contributed by atoms with Crippen molar-refractivity contribution in [2.45, 2.75) is 84.8 Å². The summed E-state index contributed by atoms with van der Waals surface area (Å²) in [6.07, 6.45) is -3.58. The SMILES string of the molecule is CC(C)N(CCC(c1ccccc1)c1cc(C(=O)O)ccc1OCc1ccccc1)C(C)C.Cc1ccc(C(=O)O[C@@H](C(=O)O)[C@@H](OC(=O)c2ccc(C)cc2)C(=O)O)cc1. The number of ether oxygens (including phenoxy) is 3. The van der Waals surface area contributed by atoms with Gasteiger partial charge in [-0.05, 0) is 108 Å². The van der Waals surface area contributed by atoms with E-state index >= 15 is 0 Å². The van der Waals surface area contributed by atoms with Gasteiger partial charge >= 0.3 is 29.8 Å². The summed E-state index contributed by atoms with van der Waals surface area (Å²) in [7, 11) is 0. The van der Waals surface area contributed by atoms with Gasteiger partial charge in [0.2, 0.25) is 12.2 Å². The molecule has 0 amide bonds. The largest absolute Gasteiger partial charge is 0.489 e. The molecular formula is C49H53NO11. The number of carbonyl (C=O) groups is 5. The van der Waals surface area contributed by atoms with Crippen LogP contribution in [0.2, 0.25) is 0 Å². The van der Waals surface area contributed by atoms with E-state index in [-0.39, 0.29) is 22.6 Å². The second kappa shape index (κ2) is 22.5. The Bertz CT molecular complexity index is 2140. The monoisotopic (exact) mass is 831 g/mol. The van der Waals surface area contributed by atoms with Gasteiger partial charge in [-0.1, -0.05) is 96.1 Å². The number of aliphatic carboxylic acids is 2. The molecule has 0 saturated carbocycles. The van der Waals surface area contributed by atoms with Crippen LogP contribution in [0.15, 0.2) is 127 Å². The summed E-state index contributed by atoms with van der Waals surface area (Å²) in [5, 5.41) is 28.3. The molecule has 0 bridgehead atoms. The maximum absolute atomic E-state index is 12.2. The molecule has 0 spiro atoms. The summed E-state index contributed by atoms with van der Waals surface area (Å²) in [5.74, 6) is -5.79. The molecule has 0 heterocycles. The molecule has 3 atom stereocenters. The number of carboxylic acids is 3. The van der Waals surface area contributed by atoms with Crippen molar-refractivity contribution in [1.29, 1.82) is 0 Å². The van der Waals surface area contributed by atoms with Crippen molar-refractivity contribution < 1.29 is 53.5 Å². The van der Waals surface area contributed by atoms with Gasteiger partial charge in [-0.15, -0.1) is 0 Å². The molecule has 5 aromatic rings. The second-order valence-corrected chi connectivity index (χ2v) is 15.1. The zero-order chi connectivity index (χ0) is 44.6. The number of benzene rings is 5. The Morgan fingerprint density at radius 1 is 0.574 bits per heavy atom. The fraction of sp³-hybridized carbons (Fsp3) is 0.286. The van der Waals surface area contributed by atoms with E-state index < -0.39 is 42.1 Å². The molecule has 0 aromatic heterocycles. The first-order valence-electron chi connectivity index (χ1n) is 19.9. The number of carboxylic acid groups (broad SMARTS) is 3. The minimum atomic E-state index is -2.22. The minimum Gasteiger partial charge on any atom is -0.489 e. The van der Waals surface area contributed by atoms with Crippen molar-refractivity contribution in [3.8, 4) is 5.75 Å². The fourth-order valence-electron chi connectivity index (χ4n) is 6.63. The highest BCUT2D eigenvalue weighted by molar-refractivity contribution is 5.95. The lowest BCUT2D eigenvalue weighted by molar-refractivity contribution is -0.166. The van der Waals surface area contributed by atoms with E-state index in [2.05, 4.69) is 44.7 Å². The second-order valence-electron chi connectivity index (χ2n) is 15.1. The van der Waals surface area contributed by atoms with Gasteiger partial charge in [-0.2, -0.15) is 0 Å². The molecule has 12 heteroatoms. The molecule has 5 aromatic carbocycles. The van der Waals surface area contributed by atoms with Crippen molar-refractivity contribution in [3.05, 3.63) is 172 Å². The smallest absolute Gasteiger partial charge is 0.349 e. The van der Waals surface area contributed by atoms with Gasteiger partial charge < -0.3 is 29.5 Å². The molecule has 0 aliphatic rings. The van der Waals surface area contributed by atoms with Crippen molar-refractivity contribution in [2.75, 3.05) is 6.54 Å². The molecule has 3 N–H and O–H groups in total. The van der Waals surface area contributed by atoms with Gasteiger partial charge in [-0.3, -0.25) is 4.90 Å². The number of hydrogen-bond acceptors (Lipinski definition) is 9. The lowest BCUT2D eigenvalue weighted by Gasteiger charge is -2.32. The number of rotatable bonds is 18. The molecule has 12 nitrogen and oxygen atoms in total. The summed E-state index contributed by atoms with van der Waals surface area (Å²) < 4.78 is 15.9. The van der Waals surface area contributed by atoms with Gasteiger partial charge in [0.25, 0.3) is 0 Å². The van der Waals surface area contributed by atoms with Crippen LogP contribution in [0.4, 0.5) is 0 Å². The molecular weight excluding hydrogens is 779 g/mol. The molecule has 0 saturated heterocycles. The third kappa shape index (κ3) is 13.9. The Morgan fingerprint density at radius 2 is 1.02 bits per heavy atom. The molecule has 320 valence electrons. The predicted molar refractivity (Wildman–Crippen MR) is 230 cm³/mol. The van der Waals surface area contributed by atoms with E-state index in [1.807, 2.05) is 48.5 Å². The first-order chi connectivity index (χ1) is 29.0. The molecule has 5 rings (SSSR count). The fourth-order valence-corrected chi connectivity index (χ4v) is 6.63. The third-order valence-electron chi connectivity index (χ3n) is 9.88. The van der Waals surface area contributed by atoms with Crippen LogP contribution in [0.1, 0.15) is 98.9 Å². The zero-order valence-corrected chi connectivity index (χ0v) is 35.2. The molecule has 1 unspecified atom stereocenters. The van der Waals surface area contributed by atoms with Gasteiger partial charge in [0, 0.05) is 23.6 Å². The Hall–Kier alpha value is -6.79. The average Bonchev–Trinajstić information content (AvgIpc) is 3.23. The lowest BCUT2D eigenvalue weighted by Crippen LogP contribution is -2.45. The van der Waals surface area contributed by atoms with Gasteiger partial charge in [0.15, 0.2) is 0 Å². The number of hydrogen-bond donors (Lipinski definition) is 3. The molecule has 0 radical (unpaired) electrons. The van der Waals surface area contributed by atoms with E-state index in [9.17, 15) is 39.3 Å². The number of aryl methyl sites for hydroxylation is 2. The van der Waals surface area contributed by atoms with E-state index in [4.69, 9.17) is 14.2 Å². The Balaban J connectivity index is 0.000000272. The number of aromatic carboxylic acids is 1. The maximum atomic E-state index is 12.2. The zero-order valence-electron chi connectivity index (χ0n) is 35.2. The lowest BCUT2D eigenvalue weighted by atomic mass is 9.86. The van der Waals surface area contributed by atoms with E-state index in [1.165, 1.54) is 24.3 Å². The van der Waals surface area contributed by atoms with E-state index in [0.717, 1.165) is 46.5 Å². The molecule has 0 aliphatic heterocycles. The summed E-state index contributed by atoms with van der Waals surface area (Å²) in [6, 6.07) is 38.5. The molecule has 61 heavy (non-hydrogen) atoms. The van der Waals surface area contributed by atoms with Crippen LogP contribution in [-0.4, -0.2) is 80.9 Å². The Kier molecular flexibility index (Phi) is 17.3. The van der Waals surface area contributed by atoms with Crippen LogP contribution in [0.3, 0.4) is 0 Å². The van der Waals surface area contributed by atoms with Crippen LogP contribution in [-0.2, 0) is 25.7 Å². The van der Waals surface area contributed by atoms with Gasteiger partial charge in [0.05, 0.1) is 16.7 Å². The average molecular weight is 832 g/mol. The van der Waals surface area contributed by atoms with Crippen molar-refractivity contribution in [2.24, 2.45) is 0 Å². The molecule has 0 aliphatic carbocycles. The summed E-state index contributed by atoms with van der Waals surface area (Å²) >= 11 is 0. The van der Waals surface area contributed by atoms with Crippen LogP contribution in [0.25, 0.3) is 0 Å². The van der Waals surface area contributed by atoms with Crippen molar-refractivity contribution in [1.82, 2.24) is 4.90 Å². The van der Waals surface area contributed by atoms with Crippen LogP contribution >= 0.6 is 0 Å². The highest BCUT2D eigenvalue weighted by atomic mass is 16.6.